The van der Waals surface area contributed by atoms with Gasteiger partial charge in [0.25, 0.3) is 0 Å². The van der Waals surface area contributed by atoms with Crippen molar-refractivity contribution in [1.29, 1.82) is 0 Å². The zero-order valence-electron chi connectivity index (χ0n) is 12.7. The first kappa shape index (κ1) is 16.8. The van der Waals surface area contributed by atoms with E-state index in [1.165, 1.54) is 0 Å². The molecule has 1 amide bonds. The Morgan fingerprint density at radius 1 is 1.40 bits per heavy atom. The maximum atomic E-state index is 11.5. The Balaban J connectivity index is 2.81. The molecule has 0 bridgehead atoms. The van der Waals surface area contributed by atoms with E-state index >= 15 is 0 Å². The molecule has 0 saturated heterocycles. The number of benzene rings is 1. The normalized spacial score (nSPS) is 10.7. The highest BCUT2D eigenvalue weighted by Crippen LogP contribution is 2.23. The van der Waals surface area contributed by atoms with E-state index in [0.29, 0.717) is 12.6 Å². The molecule has 112 valence electrons. The number of nitrogens with zero attached hydrogens (tertiary/aromatic N) is 1. The van der Waals surface area contributed by atoms with E-state index in [1.54, 1.807) is 7.05 Å². The van der Waals surface area contributed by atoms with Gasteiger partial charge >= 0.3 is 0 Å². The van der Waals surface area contributed by atoms with Crippen molar-refractivity contribution in [3.05, 3.63) is 28.8 Å². The number of halogens is 1. The molecule has 5 heteroatoms. The molecule has 0 aliphatic carbocycles. The van der Waals surface area contributed by atoms with Crippen molar-refractivity contribution < 1.29 is 4.79 Å². The summed E-state index contributed by atoms with van der Waals surface area (Å²) in [5.41, 5.74) is 2.04. The van der Waals surface area contributed by atoms with Crippen LogP contribution >= 0.6 is 11.6 Å². The predicted octanol–water partition coefficient (Wildman–Crippen LogP) is 2.41. The first-order valence-electron chi connectivity index (χ1n) is 6.95. The fourth-order valence-corrected chi connectivity index (χ4v) is 2.07. The van der Waals surface area contributed by atoms with E-state index in [9.17, 15) is 4.79 Å². The lowest BCUT2D eigenvalue weighted by atomic mass is 10.1. The summed E-state index contributed by atoms with van der Waals surface area (Å²) in [7, 11) is 1.64. The Bertz CT molecular complexity index is 449. The van der Waals surface area contributed by atoms with Crippen LogP contribution in [0.2, 0.25) is 5.02 Å². The molecular weight excluding hydrogens is 274 g/mol. The Labute approximate surface area is 126 Å². The van der Waals surface area contributed by atoms with E-state index in [4.69, 9.17) is 11.6 Å². The molecule has 1 rings (SSSR count). The van der Waals surface area contributed by atoms with Crippen LogP contribution in [-0.4, -0.2) is 32.1 Å². The second-order valence-electron chi connectivity index (χ2n) is 5.00. The minimum Gasteiger partial charge on any atom is -0.362 e. The highest BCUT2D eigenvalue weighted by atomic mass is 35.5. The van der Waals surface area contributed by atoms with Gasteiger partial charge in [-0.1, -0.05) is 31.5 Å². The van der Waals surface area contributed by atoms with Gasteiger partial charge in [0, 0.05) is 36.9 Å². The molecule has 0 atom stereocenters. The lowest BCUT2D eigenvalue weighted by molar-refractivity contribution is -0.119. The van der Waals surface area contributed by atoms with Gasteiger partial charge in [0.05, 0.1) is 6.54 Å². The van der Waals surface area contributed by atoms with Crippen LogP contribution < -0.4 is 15.5 Å². The first-order valence-corrected chi connectivity index (χ1v) is 7.33. The molecule has 2 N–H and O–H groups in total. The summed E-state index contributed by atoms with van der Waals surface area (Å²) in [6, 6.07) is 6.37. The molecule has 1 aromatic rings. The van der Waals surface area contributed by atoms with Crippen molar-refractivity contribution in [2.24, 2.45) is 0 Å². The second kappa shape index (κ2) is 8.12. The summed E-state index contributed by atoms with van der Waals surface area (Å²) in [5.74, 6) is -0.00600. The lowest BCUT2D eigenvalue weighted by Gasteiger charge is -2.23. The van der Waals surface area contributed by atoms with Gasteiger partial charge in [0.1, 0.15) is 0 Å². The molecule has 0 unspecified atom stereocenters. The van der Waals surface area contributed by atoms with Crippen LogP contribution in [0.5, 0.6) is 0 Å². The molecule has 0 aliphatic heterocycles. The monoisotopic (exact) mass is 297 g/mol. The Hall–Kier alpha value is -1.26. The fraction of sp³-hybridized carbons (Fsp3) is 0.533. The van der Waals surface area contributed by atoms with Crippen LogP contribution in [0.4, 0.5) is 5.69 Å². The lowest BCUT2D eigenvalue weighted by Crippen LogP contribution is -2.35. The number of hydrogen-bond acceptors (Lipinski definition) is 3. The smallest absolute Gasteiger partial charge is 0.239 e. The number of amides is 1. The Morgan fingerprint density at radius 2 is 2.10 bits per heavy atom. The van der Waals surface area contributed by atoms with Gasteiger partial charge in [-0.2, -0.15) is 0 Å². The molecule has 0 fully saturated rings. The summed E-state index contributed by atoms with van der Waals surface area (Å²) in [5, 5.41) is 6.71. The molecule has 0 aromatic heterocycles. The topological polar surface area (TPSA) is 44.4 Å². The number of nitrogens with one attached hydrogen (secondary N) is 2. The van der Waals surface area contributed by atoms with E-state index in [-0.39, 0.29) is 5.91 Å². The minimum atomic E-state index is -0.00600. The molecule has 0 aliphatic rings. The van der Waals surface area contributed by atoms with E-state index < -0.39 is 0 Å². The van der Waals surface area contributed by atoms with Crippen LogP contribution in [0, 0.1) is 0 Å². The third-order valence-corrected chi connectivity index (χ3v) is 3.45. The van der Waals surface area contributed by atoms with Gasteiger partial charge in [-0.3, -0.25) is 4.79 Å². The van der Waals surface area contributed by atoms with Crippen LogP contribution in [0.1, 0.15) is 26.3 Å². The summed E-state index contributed by atoms with van der Waals surface area (Å²) < 4.78 is 0. The van der Waals surface area contributed by atoms with E-state index in [2.05, 4.69) is 24.5 Å². The molecule has 4 nitrogen and oxygen atoms in total. The van der Waals surface area contributed by atoms with Gasteiger partial charge in [-0.05, 0) is 24.6 Å². The largest absolute Gasteiger partial charge is 0.362 e. The number of likely N-dealkylation sites (N-methyl/N-ethyl adjacent to an activating group) is 2. The number of carbonyl (C=O) groups is 1. The summed E-state index contributed by atoms with van der Waals surface area (Å²) in [6.45, 7) is 8.07. The van der Waals surface area contributed by atoms with E-state index in [1.807, 2.05) is 30.0 Å². The minimum absolute atomic E-state index is 0.00600. The average Bonchev–Trinajstić information content (AvgIpc) is 2.42. The molecule has 0 saturated carbocycles. The van der Waals surface area contributed by atoms with Crippen molar-refractivity contribution in [2.75, 3.05) is 25.0 Å². The molecule has 0 radical (unpaired) electrons. The first-order chi connectivity index (χ1) is 9.47. The number of anilines is 1. The van der Waals surface area contributed by atoms with Gasteiger partial charge in [-0.25, -0.2) is 0 Å². The summed E-state index contributed by atoms with van der Waals surface area (Å²) in [6.07, 6.45) is 0. The highest BCUT2D eigenvalue weighted by molar-refractivity contribution is 6.31. The quantitative estimate of drug-likeness (QED) is 0.812. The van der Waals surface area contributed by atoms with Crippen molar-refractivity contribution in [2.45, 2.75) is 33.4 Å². The van der Waals surface area contributed by atoms with Gasteiger partial charge in [-0.15, -0.1) is 0 Å². The second-order valence-corrected chi connectivity index (χ2v) is 5.41. The summed E-state index contributed by atoms with van der Waals surface area (Å²) in [4.78, 5) is 13.5. The molecule has 1 aromatic carbocycles. The van der Waals surface area contributed by atoms with Gasteiger partial charge in [0.2, 0.25) is 5.91 Å². The van der Waals surface area contributed by atoms with Crippen molar-refractivity contribution in [3.8, 4) is 0 Å². The van der Waals surface area contributed by atoms with Crippen LogP contribution in [0.25, 0.3) is 0 Å². The standard InChI is InChI=1S/C15H24ClN3O/c1-5-19(10-15(20)17-4)13-7-6-12(14(16)8-13)9-18-11(2)3/h6-8,11,18H,5,9-10H2,1-4H3,(H,17,20). The molecular formula is C15H24ClN3O. The van der Waals surface area contributed by atoms with Crippen molar-refractivity contribution in [1.82, 2.24) is 10.6 Å². The SMILES string of the molecule is CCN(CC(=O)NC)c1ccc(CNC(C)C)c(Cl)c1. The van der Waals surface area contributed by atoms with Gasteiger partial charge < -0.3 is 15.5 Å². The Morgan fingerprint density at radius 3 is 2.60 bits per heavy atom. The zero-order valence-corrected chi connectivity index (χ0v) is 13.4. The number of carbonyl (C=O) groups excluding carboxylic acids is 1. The van der Waals surface area contributed by atoms with Crippen LogP contribution in [-0.2, 0) is 11.3 Å². The maximum absolute atomic E-state index is 11.5. The maximum Gasteiger partial charge on any atom is 0.239 e. The third kappa shape index (κ3) is 5.02. The van der Waals surface area contributed by atoms with Gasteiger partial charge in [0.15, 0.2) is 0 Å². The number of hydrogen-bond donors (Lipinski definition) is 2. The van der Waals surface area contributed by atoms with E-state index in [0.717, 1.165) is 29.4 Å². The molecule has 20 heavy (non-hydrogen) atoms. The molecule has 0 spiro atoms. The molecule has 0 heterocycles. The van der Waals surface area contributed by atoms with Crippen molar-refractivity contribution in [3.63, 3.8) is 0 Å². The van der Waals surface area contributed by atoms with Crippen molar-refractivity contribution >= 4 is 23.2 Å². The number of rotatable bonds is 7. The third-order valence-electron chi connectivity index (χ3n) is 3.10. The highest BCUT2D eigenvalue weighted by Gasteiger charge is 2.10. The van der Waals surface area contributed by atoms with Crippen LogP contribution in [0.3, 0.4) is 0 Å². The average molecular weight is 298 g/mol. The fourth-order valence-electron chi connectivity index (χ4n) is 1.83. The van der Waals surface area contributed by atoms with Crippen LogP contribution in [0.15, 0.2) is 18.2 Å². The summed E-state index contributed by atoms with van der Waals surface area (Å²) >= 11 is 6.32. The zero-order chi connectivity index (χ0) is 15.1. The Kier molecular flexibility index (Phi) is 6.82. The predicted molar refractivity (Wildman–Crippen MR) is 85.4 cm³/mol.